The Bertz CT molecular complexity index is 195. The molecule has 3 heteroatoms. The van der Waals surface area contributed by atoms with Gasteiger partial charge in [-0.25, -0.2) is 0 Å². The summed E-state index contributed by atoms with van der Waals surface area (Å²) in [5.74, 6) is 0.838. The van der Waals surface area contributed by atoms with Gasteiger partial charge in [0.2, 0.25) is 0 Å². The molecule has 2 aliphatic rings. The van der Waals surface area contributed by atoms with Crippen LogP contribution in [0, 0.1) is 5.92 Å². The summed E-state index contributed by atoms with van der Waals surface area (Å²) in [6.45, 7) is 10.8. The molecule has 2 fully saturated rings. The van der Waals surface area contributed by atoms with E-state index in [2.05, 4.69) is 36.0 Å². The molecule has 0 spiro atoms. The molecule has 0 aromatic rings. The molecule has 2 heterocycles. The van der Waals surface area contributed by atoms with Gasteiger partial charge in [0, 0.05) is 44.8 Å². The van der Waals surface area contributed by atoms with Gasteiger partial charge in [-0.2, -0.15) is 0 Å². The average molecular weight is 197 g/mol. The Kier molecular flexibility index (Phi) is 3.10. The van der Waals surface area contributed by atoms with Gasteiger partial charge in [-0.1, -0.05) is 6.92 Å². The number of likely N-dealkylation sites (tertiary alicyclic amines) is 1. The molecule has 1 N–H and O–H groups in total. The summed E-state index contributed by atoms with van der Waals surface area (Å²) in [5.41, 5.74) is 0. The van der Waals surface area contributed by atoms with Crippen LogP contribution < -0.4 is 5.32 Å². The number of nitrogens with one attached hydrogen (secondary N) is 1. The zero-order valence-corrected chi connectivity index (χ0v) is 9.66. The zero-order chi connectivity index (χ0) is 10.1. The Morgan fingerprint density at radius 1 is 1.14 bits per heavy atom. The second-order valence-corrected chi connectivity index (χ2v) is 5.12. The van der Waals surface area contributed by atoms with Crippen LogP contribution in [0.3, 0.4) is 0 Å². The molecule has 0 aromatic carbocycles. The minimum absolute atomic E-state index is 0.668. The SMILES string of the molecule is CC1CN(C2CN(C)CC2C)CCN1. The Balaban J connectivity index is 1.93. The van der Waals surface area contributed by atoms with E-state index in [0.717, 1.165) is 18.5 Å². The molecule has 82 valence electrons. The van der Waals surface area contributed by atoms with Gasteiger partial charge >= 0.3 is 0 Å². The van der Waals surface area contributed by atoms with E-state index < -0.39 is 0 Å². The number of likely N-dealkylation sites (N-methyl/N-ethyl adjacent to an activating group) is 1. The summed E-state index contributed by atoms with van der Waals surface area (Å²) in [4.78, 5) is 5.14. The van der Waals surface area contributed by atoms with Gasteiger partial charge in [-0.3, -0.25) is 4.90 Å². The van der Waals surface area contributed by atoms with Gasteiger partial charge < -0.3 is 10.2 Å². The fourth-order valence-corrected chi connectivity index (χ4v) is 2.93. The molecule has 0 amide bonds. The highest BCUT2D eigenvalue weighted by molar-refractivity contribution is 4.90. The van der Waals surface area contributed by atoms with Crippen molar-refractivity contribution in [2.75, 3.05) is 39.8 Å². The summed E-state index contributed by atoms with van der Waals surface area (Å²) in [6.07, 6.45) is 0. The van der Waals surface area contributed by atoms with Crippen molar-refractivity contribution in [3.8, 4) is 0 Å². The fourth-order valence-electron chi connectivity index (χ4n) is 2.93. The van der Waals surface area contributed by atoms with Crippen LogP contribution in [0.5, 0.6) is 0 Å². The van der Waals surface area contributed by atoms with Crippen LogP contribution >= 0.6 is 0 Å². The maximum Gasteiger partial charge on any atom is 0.0262 e. The van der Waals surface area contributed by atoms with Crippen molar-refractivity contribution in [2.45, 2.75) is 25.9 Å². The molecule has 3 nitrogen and oxygen atoms in total. The summed E-state index contributed by atoms with van der Waals surface area (Å²) in [7, 11) is 2.24. The Labute approximate surface area is 87.4 Å². The van der Waals surface area contributed by atoms with Crippen LogP contribution in [0.2, 0.25) is 0 Å². The van der Waals surface area contributed by atoms with Crippen molar-refractivity contribution < 1.29 is 0 Å². The van der Waals surface area contributed by atoms with E-state index >= 15 is 0 Å². The van der Waals surface area contributed by atoms with Gasteiger partial charge in [0.25, 0.3) is 0 Å². The second kappa shape index (κ2) is 4.17. The van der Waals surface area contributed by atoms with Crippen LogP contribution in [0.1, 0.15) is 13.8 Å². The molecule has 0 aromatic heterocycles. The molecule has 0 aliphatic carbocycles. The van der Waals surface area contributed by atoms with E-state index in [1.807, 2.05) is 0 Å². The third kappa shape index (κ3) is 2.10. The lowest BCUT2D eigenvalue weighted by Crippen LogP contribution is -2.54. The predicted octanol–water partition coefficient (Wildman–Crippen LogP) is 0.230. The van der Waals surface area contributed by atoms with E-state index in [0.29, 0.717) is 6.04 Å². The quantitative estimate of drug-likeness (QED) is 0.649. The van der Waals surface area contributed by atoms with Crippen LogP contribution in [-0.4, -0.2) is 61.7 Å². The zero-order valence-electron chi connectivity index (χ0n) is 9.66. The first-order valence-corrected chi connectivity index (χ1v) is 5.83. The largest absolute Gasteiger partial charge is 0.312 e. The fraction of sp³-hybridized carbons (Fsp3) is 1.00. The molecular formula is C11H23N3. The Hall–Kier alpha value is -0.120. The van der Waals surface area contributed by atoms with Crippen molar-refractivity contribution in [1.29, 1.82) is 0 Å². The molecule has 3 unspecified atom stereocenters. The highest BCUT2D eigenvalue weighted by Gasteiger charge is 2.33. The lowest BCUT2D eigenvalue weighted by Gasteiger charge is -2.37. The van der Waals surface area contributed by atoms with E-state index in [4.69, 9.17) is 0 Å². The number of hydrogen-bond donors (Lipinski definition) is 1. The lowest BCUT2D eigenvalue weighted by atomic mass is 10.0. The van der Waals surface area contributed by atoms with E-state index in [9.17, 15) is 0 Å². The maximum atomic E-state index is 3.51. The Morgan fingerprint density at radius 3 is 2.50 bits per heavy atom. The third-order valence-electron chi connectivity index (χ3n) is 3.62. The van der Waals surface area contributed by atoms with Crippen molar-refractivity contribution in [3.63, 3.8) is 0 Å². The number of piperazine rings is 1. The molecule has 3 atom stereocenters. The normalized spacial score (nSPS) is 41.8. The minimum Gasteiger partial charge on any atom is -0.312 e. The molecule has 2 aliphatic heterocycles. The van der Waals surface area contributed by atoms with Gasteiger partial charge in [-0.05, 0) is 19.9 Å². The second-order valence-electron chi connectivity index (χ2n) is 5.12. The topological polar surface area (TPSA) is 18.5 Å². The number of nitrogens with zero attached hydrogens (tertiary/aromatic N) is 2. The highest BCUT2D eigenvalue weighted by Crippen LogP contribution is 2.21. The molecule has 2 saturated heterocycles. The first-order chi connectivity index (χ1) is 6.66. The predicted molar refractivity (Wildman–Crippen MR) is 59.5 cm³/mol. The van der Waals surface area contributed by atoms with Crippen molar-refractivity contribution in [1.82, 2.24) is 15.1 Å². The average Bonchev–Trinajstić information content (AvgIpc) is 2.45. The molecule has 0 saturated carbocycles. The minimum atomic E-state index is 0.668. The van der Waals surface area contributed by atoms with Crippen molar-refractivity contribution >= 4 is 0 Å². The van der Waals surface area contributed by atoms with Crippen LogP contribution in [0.4, 0.5) is 0 Å². The maximum absolute atomic E-state index is 3.51. The molecule has 0 radical (unpaired) electrons. The number of rotatable bonds is 1. The van der Waals surface area contributed by atoms with Crippen LogP contribution in [-0.2, 0) is 0 Å². The smallest absolute Gasteiger partial charge is 0.0262 e. The summed E-state index contributed by atoms with van der Waals surface area (Å²) < 4.78 is 0. The van der Waals surface area contributed by atoms with E-state index in [1.54, 1.807) is 0 Å². The standard InChI is InChI=1S/C11H23N3/c1-9-6-13(3)8-11(9)14-5-4-12-10(2)7-14/h9-12H,4-8H2,1-3H3. The van der Waals surface area contributed by atoms with Gasteiger partial charge in [0.15, 0.2) is 0 Å². The van der Waals surface area contributed by atoms with Crippen molar-refractivity contribution in [2.24, 2.45) is 5.92 Å². The van der Waals surface area contributed by atoms with E-state index in [1.165, 1.54) is 26.2 Å². The first-order valence-electron chi connectivity index (χ1n) is 5.83. The molecule has 14 heavy (non-hydrogen) atoms. The van der Waals surface area contributed by atoms with Gasteiger partial charge in [0.1, 0.15) is 0 Å². The van der Waals surface area contributed by atoms with Crippen molar-refractivity contribution in [3.05, 3.63) is 0 Å². The van der Waals surface area contributed by atoms with Crippen LogP contribution in [0.15, 0.2) is 0 Å². The molecule has 2 rings (SSSR count). The van der Waals surface area contributed by atoms with Gasteiger partial charge in [0.05, 0.1) is 0 Å². The summed E-state index contributed by atoms with van der Waals surface area (Å²) >= 11 is 0. The van der Waals surface area contributed by atoms with Crippen LogP contribution in [0.25, 0.3) is 0 Å². The number of hydrogen-bond acceptors (Lipinski definition) is 3. The molecule has 0 bridgehead atoms. The Morgan fingerprint density at radius 2 is 1.93 bits per heavy atom. The monoisotopic (exact) mass is 197 g/mol. The highest BCUT2D eigenvalue weighted by atomic mass is 15.3. The lowest BCUT2D eigenvalue weighted by molar-refractivity contribution is 0.132. The molecular weight excluding hydrogens is 174 g/mol. The van der Waals surface area contributed by atoms with E-state index in [-0.39, 0.29) is 0 Å². The first kappa shape index (κ1) is 10.4. The van der Waals surface area contributed by atoms with Gasteiger partial charge in [-0.15, -0.1) is 0 Å². The summed E-state index contributed by atoms with van der Waals surface area (Å²) in [5, 5.41) is 3.51. The third-order valence-corrected chi connectivity index (χ3v) is 3.62. The summed E-state index contributed by atoms with van der Waals surface area (Å²) in [6, 6.07) is 1.46.